The molecule has 2 aromatic rings. The molecule has 25 heavy (non-hydrogen) atoms. The van der Waals surface area contributed by atoms with Gasteiger partial charge in [0.1, 0.15) is 17.2 Å². The predicted molar refractivity (Wildman–Crippen MR) is 94.2 cm³/mol. The monoisotopic (exact) mass is 361 g/mol. The molecule has 1 atom stereocenters. The first-order valence-electron chi connectivity index (χ1n) is 7.79. The summed E-state index contributed by atoms with van der Waals surface area (Å²) in [5, 5.41) is 9.58. The Bertz CT molecular complexity index is 838. The van der Waals surface area contributed by atoms with Crippen molar-refractivity contribution < 1.29 is 9.53 Å². The van der Waals surface area contributed by atoms with Crippen molar-refractivity contribution in [1.29, 1.82) is 5.26 Å². The number of amides is 1. The second kappa shape index (κ2) is 6.33. The standard InChI is InChI=1S/C15H19N7O2S/c1-15(2,3)24-14(23)21-4-5-22(9(6-16)7-21)11-10-12(25-8-18-10)20-13(17)19-11/h8-9H,4-5,7H2,1-3H3,(H2,17,19,20)/t9-/m0/s1. The first-order chi connectivity index (χ1) is 11.8. The maximum atomic E-state index is 12.3. The topological polar surface area (TPSA) is 121 Å². The van der Waals surface area contributed by atoms with Gasteiger partial charge in [0.05, 0.1) is 18.1 Å². The SMILES string of the molecule is CC(C)(C)OC(=O)N1CCN(c2nc(N)nc3scnc23)[C@@H](C#N)C1. The highest BCUT2D eigenvalue weighted by atomic mass is 32.1. The Kier molecular flexibility index (Phi) is 4.34. The number of piperazine rings is 1. The van der Waals surface area contributed by atoms with Crippen molar-refractivity contribution in [3.63, 3.8) is 0 Å². The van der Waals surface area contributed by atoms with Gasteiger partial charge in [-0.3, -0.25) is 0 Å². The maximum absolute atomic E-state index is 12.3. The van der Waals surface area contributed by atoms with E-state index in [9.17, 15) is 10.1 Å². The molecular formula is C15H19N7O2S. The third kappa shape index (κ3) is 3.56. The van der Waals surface area contributed by atoms with Crippen LogP contribution in [-0.2, 0) is 4.74 Å². The van der Waals surface area contributed by atoms with Crippen molar-refractivity contribution >= 4 is 39.5 Å². The summed E-state index contributed by atoms with van der Waals surface area (Å²) >= 11 is 1.36. The van der Waals surface area contributed by atoms with E-state index in [1.807, 2.05) is 25.7 Å². The fourth-order valence-corrected chi connectivity index (χ4v) is 3.26. The number of hydrogen-bond donors (Lipinski definition) is 1. The van der Waals surface area contributed by atoms with Crippen LogP contribution in [0.15, 0.2) is 5.51 Å². The largest absolute Gasteiger partial charge is 0.444 e. The minimum atomic E-state index is -0.579. The van der Waals surface area contributed by atoms with E-state index in [0.717, 1.165) is 0 Å². The molecule has 2 N–H and O–H groups in total. The number of hydrogen-bond acceptors (Lipinski definition) is 9. The molecule has 3 heterocycles. The van der Waals surface area contributed by atoms with Gasteiger partial charge in [-0.2, -0.15) is 10.2 Å². The third-order valence-electron chi connectivity index (χ3n) is 3.65. The molecule has 0 aromatic carbocycles. The number of carbonyl (C=O) groups is 1. The first-order valence-corrected chi connectivity index (χ1v) is 8.67. The number of nitrogens with two attached hydrogens (primary N) is 1. The second-order valence-corrected chi connectivity index (χ2v) is 7.51. The number of anilines is 2. The molecule has 1 saturated heterocycles. The highest BCUT2D eigenvalue weighted by Crippen LogP contribution is 2.29. The Balaban J connectivity index is 1.84. The van der Waals surface area contributed by atoms with Gasteiger partial charge >= 0.3 is 6.09 Å². The van der Waals surface area contributed by atoms with Gasteiger partial charge in [-0.1, -0.05) is 0 Å². The summed E-state index contributed by atoms with van der Waals surface area (Å²) in [4.78, 5) is 29.0. The fraction of sp³-hybridized carbons (Fsp3) is 0.533. The number of nitrogens with zero attached hydrogens (tertiary/aromatic N) is 6. The average Bonchev–Trinajstić information content (AvgIpc) is 3.00. The van der Waals surface area contributed by atoms with Crippen molar-refractivity contribution in [2.75, 3.05) is 30.3 Å². The zero-order valence-electron chi connectivity index (χ0n) is 14.3. The second-order valence-electron chi connectivity index (χ2n) is 6.68. The van der Waals surface area contributed by atoms with Crippen LogP contribution in [0.5, 0.6) is 0 Å². The number of aromatic nitrogens is 3. The lowest BCUT2D eigenvalue weighted by atomic mass is 10.2. The summed E-state index contributed by atoms with van der Waals surface area (Å²) in [7, 11) is 0. The summed E-state index contributed by atoms with van der Waals surface area (Å²) in [6, 6.07) is 1.66. The number of thiazole rings is 1. The van der Waals surface area contributed by atoms with Gasteiger partial charge in [-0.05, 0) is 20.8 Å². The lowest BCUT2D eigenvalue weighted by Crippen LogP contribution is -2.55. The highest BCUT2D eigenvalue weighted by Gasteiger charge is 2.34. The van der Waals surface area contributed by atoms with E-state index >= 15 is 0 Å². The lowest BCUT2D eigenvalue weighted by Gasteiger charge is -2.39. The molecule has 132 valence electrons. The molecule has 1 aliphatic heterocycles. The summed E-state index contributed by atoms with van der Waals surface area (Å²) < 4.78 is 5.39. The molecule has 1 amide bonds. The number of fused-ring (bicyclic) bond motifs is 1. The van der Waals surface area contributed by atoms with Crippen LogP contribution < -0.4 is 10.6 Å². The molecule has 0 saturated carbocycles. The van der Waals surface area contributed by atoms with E-state index in [0.29, 0.717) is 29.3 Å². The Morgan fingerprint density at radius 1 is 1.44 bits per heavy atom. The van der Waals surface area contributed by atoms with Crippen LogP contribution in [0.1, 0.15) is 20.8 Å². The smallest absolute Gasteiger partial charge is 0.410 e. The Morgan fingerprint density at radius 2 is 2.20 bits per heavy atom. The summed E-state index contributed by atoms with van der Waals surface area (Å²) in [6.07, 6.45) is -0.423. The van der Waals surface area contributed by atoms with Gasteiger partial charge in [0.2, 0.25) is 5.95 Å². The summed E-state index contributed by atoms with van der Waals surface area (Å²) in [5.74, 6) is 0.664. The van der Waals surface area contributed by atoms with Crippen molar-refractivity contribution in [3.05, 3.63) is 5.51 Å². The zero-order valence-corrected chi connectivity index (χ0v) is 15.1. The molecule has 0 bridgehead atoms. The fourth-order valence-electron chi connectivity index (χ4n) is 2.60. The quantitative estimate of drug-likeness (QED) is 0.813. The van der Waals surface area contributed by atoms with Crippen LogP contribution in [-0.4, -0.2) is 57.2 Å². The van der Waals surface area contributed by atoms with Crippen LogP contribution >= 0.6 is 11.3 Å². The van der Waals surface area contributed by atoms with E-state index in [1.165, 1.54) is 11.3 Å². The number of carbonyl (C=O) groups excluding carboxylic acids is 1. The van der Waals surface area contributed by atoms with Gasteiger partial charge in [0.15, 0.2) is 10.6 Å². The number of rotatable bonds is 1. The van der Waals surface area contributed by atoms with Gasteiger partial charge in [0.25, 0.3) is 0 Å². The molecule has 0 unspecified atom stereocenters. The molecule has 1 fully saturated rings. The minimum absolute atomic E-state index is 0.137. The molecule has 0 spiro atoms. The predicted octanol–water partition coefficient (Wildman–Crippen LogP) is 1.62. The Hall–Kier alpha value is -2.67. The third-order valence-corrected chi connectivity index (χ3v) is 4.37. The number of nitrogen functional groups attached to an aromatic ring is 1. The van der Waals surface area contributed by atoms with Crippen molar-refractivity contribution in [3.8, 4) is 6.07 Å². The summed E-state index contributed by atoms with van der Waals surface area (Å²) in [6.45, 7) is 6.51. The maximum Gasteiger partial charge on any atom is 0.410 e. The van der Waals surface area contributed by atoms with E-state index < -0.39 is 17.7 Å². The van der Waals surface area contributed by atoms with Crippen LogP contribution in [0.4, 0.5) is 16.6 Å². The first kappa shape index (κ1) is 17.2. The lowest BCUT2D eigenvalue weighted by molar-refractivity contribution is 0.0227. The van der Waals surface area contributed by atoms with Crippen molar-refractivity contribution in [2.45, 2.75) is 32.4 Å². The van der Waals surface area contributed by atoms with Crippen LogP contribution in [0, 0.1) is 11.3 Å². The van der Waals surface area contributed by atoms with E-state index in [2.05, 4.69) is 21.0 Å². The van der Waals surface area contributed by atoms with Crippen molar-refractivity contribution in [1.82, 2.24) is 19.9 Å². The van der Waals surface area contributed by atoms with Gasteiger partial charge in [-0.25, -0.2) is 14.8 Å². The van der Waals surface area contributed by atoms with Gasteiger partial charge in [-0.15, -0.1) is 11.3 Å². The van der Waals surface area contributed by atoms with E-state index in [-0.39, 0.29) is 12.5 Å². The molecule has 3 rings (SSSR count). The van der Waals surface area contributed by atoms with Crippen LogP contribution in [0.25, 0.3) is 10.3 Å². The molecule has 2 aromatic heterocycles. The summed E-state index contributed by atoms with van der Waals surface area (Å²) in [5.41, 5.74) is 7.49. The molecule has 9 nitrogen and oxygen atoms in total. The normalized spacial score (nSPS) is 18.2. The molecule has 0 aliphatic carbocycles. The molecular weight excluding hydrogens is 342 g/mol. The van der Waals surface area contributed by atoms with E-state index in [4.69, 9.17) is 10.5 Å². The Morgan fingerprint density at radius 3 is 2.88 bits per heavy atom. The van der Waals surface area contributed by atoms with E-state index in [1.54, 1.807) is 10.4 Å². The highest BCUT2D eigenvalue weighted by molar-refractivity contribution is 7.16. The molecule has 0 radical (unpaired) electrons. The van der Waals surface area contributed by atoms with Crippen LogP contribution in [0.2, 0.25) is 0 Å². The zero-order chi connectivity index (χ0) is 18.2. The number of ether oxygens (including phenoxy) is 1. The molecule has 1 aliphatic rings. The Labute approximate surface area is 149 Å². The van der Waals surface area contributed by atoms with Gasteiger partial charge in [0, 0.05) is 13.1 Å². The van der Waals surface area contributed by atoms with Crippen molar-refractivity contribution in [2.24, 2.45) is 0 Å². The number of nitriles is 1. The van der Waals surface area contributed by atoms with Gasteiger partial charge < -0.3 is 20.3 Å². The van der Waals surface area contributed by atoms with Crippen LogP contribution in [0.3, 0.4) is 0 Å². The average molecular weight is 361 g/mol. The minimum Gasteiger partial charge on any atom is -0.444 e. The molecule has 10 heteroatoms.